The normalized spacial score (nSPS) is 14.8. The summed E-state index contributed by atoms with van der Waals surface area (Å²) < 4.78 is 1.83. The van der Waals surface area contributed by atoms with Crippen molar-refractivity contribution in [3.8, 4) is 0 Å². The van der Waals surface area contributed by atoms with Crippen LogP contribution in [0.4, 0.5) is 5.82 Å². The van der Waals surface area contributed by atoms with Crippen molar-refractivity contribution < 1.29 is 4.79 Å². The lowest BCUT2D eigenvalue weighted by molar-refractivity contribution is -0.118. The zero-order valence-electron chi connectivity index (χ0n) is 10.8. The van der Waals surface area contributed by atoms with Gasteiger partial charge in [0.1, 0.15) is 5.82 Å². The Morgan fingerprint density at radius 1 is 1.47 bits per heavy atom. The fourth-order valence-corrected chi connectivity index (χ4v) is 2.44. The third-order valence-electron chi connectivity index (χ3n) is 3.36. The fourth-order valence-electron chi connectivity index (χ4n) is 2.44. The highest BCUT2D eigenvalue weighted by molar-refractivity contribution is 5.93. The summed E-state index contributed by atoms with van der Waals surface area (Å²) >= 11 is 0. The number of aromatic nitrogens is 2. The smallest absolute Gasteiger partial charge is 0.228 e. The van der Waals surface area contributed by atoms with Crippen LogP contribution in [0.25, 0.3) is 0 Å². The average molecular weight is 235 g/mol. The minimum atomic E-state index is 0.253. The number of hydrogen-bond acceptors (Lipinski definition) is 2. The second-order valence-electron chi connectivity index (χ2n) is 4.72. The highest BCUT2D eigenvalue weighted by Gasteiger charge is 2.25. The van der Waals surface area contributed by atoms with Gasteiger partial charge in [-0.15, -0.1) is 0 Å². The van der Waals surface area contributed by atoms with Crippen LogP contribution in [0.15, 0.2) is 6.20 Å². The van der Waals surface area contributed by atoms with Crippen molar-refractivity contribution in [1.29, 1.82) is 0 Å². The Balaban J connectivity index is 2.07. The lowest BCUT2D eigenvalue weighted by atomic mass is 10.1. The van der Waals surface area contributed by atoms with Crippen LogP contribution in [0, 0.1) is 0 Å². The molecule has 1 aliphatic heterocycles. The van der Waals surface area contributed by atoms with E-state index < -0.39 is 0 Å². The number of carbonyl (C=O) groups excluding carboxylic acids is 1. The number of hydrogen-bond donors (Lipinski definition) is 0. The van der Waals surface area contributed by atoms with E-state index in [1.54, 1.807) is 0 Å². The van der Waals surface area contributed by atoms with E-state index in [0.717, 1.165) is 44.5 Å². The SMILES string of the molecule is CCCCCC(=O)N1CCCc2cnn(C)c21. The quantitative estimate of drug-likeness (QED) is 0.751. The minimum absolute atomic E-state index is 0.253. The number of amides is 1. The molecule has 17 heavy (non-hydrogen) atoms. The molecule has 0 radical (unpaired) electrons. The molecule has 2 rings (SSSR count). The van der Waals surface area contributed by atoms with E-state index in [2.05, 4.69) is 12.0 Å². The zero-order chi connectivity index (χ0) is 12.3. The van der Waals surface area contributed by atoms with Gasteiger partial charge < -0.3 is 0 Å². The summed E-state index contributed by atoms with van der Waals surface area (Å²) in [5, 5.41) is 4.25. The Kier molecular flexibility index (Phi) is 3.82. The molecule has 0 spiro atoms. The maximum Gasteiger partial charge on any atom is 0.228 e. The van der Waals surface area contributed by atoms with Gasteiger partial charge in [-0.3, -0.25) is 14.4 Å². The largest absolute Gasteiger partial charge is 0.297 e. The molecule has 0 atom stereocenters. The molecule has 0 N–H and O–H groups in total. The lowest BCUT2D eigenvalue weighted by Gasteiger charge is -2.27. The van der Waals surface area contributed by atoms with Gasteiger partial charge in [0, 0.05) is 25.6 Å². The van der Waals surface area contributed by atoms with E-state index in [0.29, 0.717) is 6.42 Å². The van der Waals surface area contributed by atoms with Gasteiger partial charge in [0.15, 0.2) is 0 Å². The van der Waals surface area contributed by atoms with Crippen molar-refractivity contribution in [3.05, 3.63) is 11.8 Å². The topological polar surface area (TPSA) is 38.1 Å². The van der Waals surface area contributed by atoms with Crippen molar-refractivity contribution in [2.45, 2.75) is 45.4 Å². The predicted molar refractivity (Wildman–Crippen MR) is 68.0 cm³/mol. The van der Waals surface area contributed by atoms with E-state index >= 15 is 0 Å². The molecule has 0 unspecified atom stereocenters. The summed E-state index contributed by atoms with van der Waals surface area (Å²) in [5.74, 6) is 1.26. The first-order valence-corrected chi connectivity index (χ1v) is 6.55. The van der Waals surface area contributed by atoms with E-state index in [1.165, 1.54) is 5.56 Å². The van der Waals surface area contributed by atoms with Crippen LogP contribution >= 0.6 is 0 Å². The molecular weight excluding hydrogens is 214 g/mol. The molecule has 0 saturated carbocycles. The molecular formula is C13H21N3O. The van der Waals surface area contributed by atoms with Gasteiger partial charge in [-0.2, -0.15) is 5.10 Å². The predicted octanol–water partition coefficient (Wildman–Crippen LogP) is 2.28. The lowest BCUT2D eigenvalue weighted by Crippen LogP contribution is -2.36. The summed E-state index contributed by atoms with van der Waals surface area (Å²) in [5.41, 5.74) is 1.21. The van der Waals surface area contributed by atoms with Crippen molar-refractivity contribution in [1.82, 2.24) is 9.78 Å². The van der Waals surface area contributed by atoms with Crippen LogP contribution in [0.3, 0.4) is 0 Å². The standard InChI is InChI=1S/C13H21N3O/c1-3-4-5-8-12(17)16-9-6-7-11-10-14-15(2)13(11)16/h10H,3-9H2,1-2H3. The Labute approximate surface area is 103 Å². The monoisotopic (exact) mass is 235 g/mol. The third kappa shape index (κ3) is 2.51. The van der Waals surface area contributed by atoms with E-state index in [4.69, 9.17) is 0 Å². The molecule has 1 aromatic rings. The number of unbranched alkanes of at least 4 members (excludes halogenated alkanes) is 2. The molecule has 4 nitrogen and oxygen atoms in total. The van der Waals surface area contributed by atoms with Gasteiger partial charge in [0.25, 0.3) is 0 Å². The second kappa shape index (κ2) is 5.34. The summed E-state index contributed by atoms with van der Waals surface area (Å²) in [6, 6.07) is 0. The van der Waals surface area contributed by atoms with Crippen LogP contribution in [0.1, 0.15) is 44.6 Å². The first-order valence-electron chi connectivity index (χ1n) is 6.55. The first-order chi connectivity index (χ1) is 8.24. The zero-order valence-corrected chi connectivity index (χ0v) is 10.8. The summed E-state index contributed by atoms with van der Waals surface area (Å²) in [7, 11) is 1.91. The molecule has 0 aromatic carbocycles. The second-order valence-corrected chi connectivity index (χ2v) is 4.72. The minimum Gasteiger partial charge on any atom is -0.297 e. The molecule has 1 aromatic heterocycles. The van der Waals surface area contributed by atoms with Crippen LogP contribution in [0.5, 0.6) is 0 Å². The molecule has 94 valence electrons. The van der Waals surface area contributed by atoms with Gasteiger partial charge >= 0.3 is 0 Å². The van der Waals surface area contributed by atoms with E-state index in [-0.39, 0.29) is 5.91 Å². The van der Waals surface area contributed by atoms with Gasteiger partial charge in [0.05, 0.1) is 6.20 Å². The molecule has 1 aliphatic rings. The van der Waals surface area contributed by atoms with Crippen LogP contribution < -0.4 is 4.90 Å². The van der Waals surface area contributed by atoms with Gasteiger partial charge in [-0.25, -0.2) is 0 Å². The highest BCUT2D eigenvalue weighted by atomic mass is 16.2. The molecule has 4 heteroatoms. The molecule has 1 amide bonds. The summed E-state index contributed by atoms with van der Waals surface area (Å²) in [6.07, 6.45) is 7.94. The van der Waals surface area contributed by atoms with Crippen molar-refractivity contribution in [2.75, 3.05) is 11.4 Å². The van der Waals surface area contributed by atoms with Crippen molar-refractivity contribution in [2.24, 2.45) is 7.05 Å². The maximum atomic E-state index is 12.2. The number of aryl methyl sites for hydroxylation is 2. The van der Waals surface area contributed by atoms with E-state index in [1.807, 2.05) is 22.8 Å². The third-order valence-corrected chi connectivity index (χ3v) is 3.36. The van der Waals surface area contributed by atoms with Crippen LogP contribution in [0.2, 0.25) is 0 Å². The van der Waals surface area contributed by atoms with Crippen LogP contribution in [-0.2, 0) is 18.3 Å². The molecule has 0 aliphatic carbocycles. The van der Waals surface area contributed by atoms with Crippen molar-refractivity contribution >= 4 is 11.7 Å². The Bertz CT molecular complexity index is 397. The Hall–Kier alpha value is -1.32. The first kappa shape index (κ1) is 12.1. The van der Waals surface area contributed by atoms with Crippen LogP contribution in [-0.4, -0.2) is 22.2 Å². The van der Waals surface area contributed by atoms with E-state index in [9.17, 15) is 4.79 Å². The summed E-state index contributed by atoms with van der Waals surface area (Å²) in [6.45, 7) is 3.00. The molecule has 0 bridgehead atoms. The number of fused-ring (bicyclic) bond motifs is 1. The summed E-state index contributed by atoms with van der Waals surface area (Å²) in [4.78, 5) is 14.1. The highest BCUT2D eigenvalue weighted by Crippen LogP contribution is 2.26. The number of rotatable bonds is 4. The number of nitrogens with zero attached hydrogens (tertiary/aromatic N) is 3. The average Bonchev–Trinajstić information content (AvgIpc) is 2.71. The fraction of sp³-hybridized carbons (Fsp3) is 0.692. The van der Waals surface area contributed by atoms with Crippen molar-refractivity contribution in [3.63, 3.8) is 0 Å². The van der Waals surface area contributed by atoms with Gasteiger partial charge in [-0.1, -0.05) is 19.8 Å². The van der Waals surface area contributed by atoms with Gasteiger partial charge in [-0.05, 0) is 19.3 Å². The molecule has 0 fully saturated rings. The Morgan fingerprint density at radius 3 is 3.06 bits per heavy atom. The molecule has 2 heterocycles. The maximum absolute atomic E-state index is 12.2. The Morgan fingerprint density at radius 2 is 2.29 bits per heavy atom. The number of anilines is 1. The molecule has 0 saturated heterocycles. The number of carbonyl (C=O) groups is 1. The van der Waals surface area contributed by atoms with Gasteiger partial charge in [0.2, 0.25) is 5.91 Å².